The fourth-order valence-electron chi connectivity index (χ4n) is 2.07. The minimum atomic E-state index is 0.0128. The van der Waals surface area contributed by atoms with Crippen molar-refractivity contribution in [3.05, 3.63) is 53.1 Å². The SMILES string of the molecule is CC1=CCC(C)C(C(=O)Nc2ccc(C)cc2)=C1. The predicted molar refractivity (Wildman–Crippen MR) is 75.4 cm³/mol. The fraction of sp³-hybridized carbons (Fsp3) is 0.312. The lowest BCUT2D eigenvalue weighted by Crippen LogP contribution is -2.20. The molecule has 0 fully saturated rings. The second-order valence-corrected chi connectivity index (χ2v) is 5.00. The zero-order valence-electron chi connectivity index (χ0n) is 11.2. The highest BCUT2D eigenvalue weighted by atomic mass is 16.1. The minimum Gasteiger partial charge on any atom is -0.322 e. The molecule has 1 aromatic rings. The van der Waals surface area contributed by atoms with Crippen LogP contribution < -0.4 is 5.32 Å². The molecule has 1 atom stereocenters. The summed E-state index contributed by atoms with van der Waals surface area (Å²) in [5.41, 5.74) is 4.08. The molecular weight excluding hydrogens is 222 g/mol. The molecule has 0 aliphatic heterocycles. The Morgan fingerprint density at radius 3 is 2.56 bits per heavy atom. The van der Waals surface area contributed by atoms with Crippen molar-refractivity contribution in [3.8, 4) is 0 Å². The van der Waals surface area contributed by atoms with Gasteiger partial charge in [-0.15, -0.1) is 0 Å². The second-order valence-electron chi connectivity index (χ2n) is 5.00. The van der Waals surface area contributed by atoms with Gasteiger partial charge in [0, 0.05) is 11.3 Å². The standard InChI is InChI=1S/C16H19NO/c1-11-5-8-14(9-6-11)17-16(18)15-10-12(2)4-7-13(15)3/h4-6,8-10,13H,7H2,1-3H3,(H,17,18). The average molecular weight is 241 g/mol. The van der Waals surface area contributed by atoms with Crippen LogP contribution in [0.15, 0.2) is 47.6 Å². The maximum absolute atomic E-state index is 12.2. The topological polar surface area (TPSA) is 29.1 Å². The lowest BCUT2D eigenvalue weighted by Gasteiger charge is -2.18. The number of rotatable bonds is 2. The highest BCUT2D eigenvalue weighted by molar-refractivity contribution is 6.04. The molecule has 0 saturated heterocycles. The van der Waals surface area contributed by atoms with Crippen molar-refractivity contribution >= 4 is 11.6 Å². The summed E-state index contributed by atoms with van der Waals surface area (Å²) in [5, 5.41) is 2.96. The van der Waals surface area contributed by atoms with Crippen molar-refractivity contribution in [2.45, 2.75) is 27.2 Å². The van der Waals surface area contributed by atoms with Gasteiger partial charge in [-0.05, 0) is 38.3 Å². The van der Waals surface area contributed by atoms with Crippen molar-refractivity contribution in [2.75, 3.05) is 5.32 Å². The van der Waals surface area contributed by atoms with Gasteiger partial charge in [0.1, 0.15) is 0 Å². The molecule has 18 heavy (non-hydrogen) atoms. The van der Waals surface area contributed by atoms with E-state index in [1.807, 2.05) is 44.2 Å². The zero-order valence-corrected chi connectivity index (χ0v) is 11.2. The summed E-state index contributed by atoms with van der Waals surface area (Å²) in [5.74, 6) is 0.304. The van der Waals surface area contributed by atoms with Crippen molar-refractivity contribution < 1.29 is 4.79 Å². The van der Waals surface area contributed by atoms with Crippen LogP contribution in [0.4, 0.5) is 5.69 Å². The van der Waals surface area contributed by atoms with Crippen LogP contribution in [0.3, 0.4) is 0 Å². The first-order valence-electron chi connectivity index (χ1n) is 6.32. The molecule has 1 N–H and O–H groups in total. The first kappa shape index (κ1) is 12.6. The first-order valence-corrected chi connectivity index (χ1v) is 6.32. The molecule has 2 heteroatoms. The van der Waals surface area contributed by atoms with E-state index in [2.05, 4.69) is 18.3 Å². The van der Waals surface area contributed by atoms with Gasteiger partial charge in [-0.1, -0.05) is 42.3 Å². The number of allylic oxidation sites excluding steroid dienone is 3. The van der Waals surface area contributed by atoms with Crippen LogP contribution in [-0.4, -0.2) is 5.91 Å². The molecule has 1 aliphatic rings. The zero-order chi connectivity index (χ0) is 13.1. The van der Waals surface area contributed by atoms with Gasteiger partial charge in [0.25, 0.3) is 5.91 Å². The van der Waals surface area contributed by atoms with E-state index in [0.717, 1.165) is 17.7 Å². The van der Waals surface area contributed by atoms with Gasteiger partial charge in [-0.3, -0.25) is 4.79 Å². The Hall–Kier alpha value is -1.83. The number of hydrogen-bond acceptors (Lipinski definition) is 1. The number of aryl methyl sites for hydroxylation is 1. The highest BCUT2D eigenvalue weighted by Gasteiger charge is 2.19. The highest BCUT2D eigenvalue weighted by Crippen LogP contribution is 2.24. The van der Waals surface area contributed by atoms with E-state index in [0.29, 0.717) is 5.92 Å². The van der Waals surface area contributed by atoms with Crippen LogP contribution in [-0.2, 0) is 4.79 Å². The quantitative estimate of drug-likeness (QED) is 0.837. The maximum atomic E-state index is 12.2. The Bertz CT molecular complexity index is 508. The van der Waals surface area contributed by atoms with E-state index in [-0.39, 0.29) is 5.91 Å². The second kappa shape index (κ2) is 5.21. The van der Waals surface area contributed by atoms with Crippen molar-refractivity contribution in [1.29, 1.82) is 0 Å². The van der Waals surface area contributed by atoms with Gasteiger partial charge in [0.15, 0.2) is 0 Å². The van der Waals surface area contributed by atoms with Gasteiger partial charge in [-0.25, -0.2) is 0 Å². The molecule has 0 heterocycles. The maximum Gasteiger partial charge on any atom is 0.251 e. The Kier molecular flexibility index (Phi) is 3.66. The number of anilines is 1. The van der Waals surface area contributed by atoms with Crippen LogP contribution in [0.5, 0.6) is 0 Å². The van der Waals surface area contributed by atoms with Crippen LogP contribution in [0.1, 0.15) is 25.8 Å². The minimum absolute atomic E-state index is 0.0128. The Labute approximate surface area is 108 Å². The number of carbonyl (C=O) groups excluding carboxylic acids is 1. The first-order chi connectivity index (χ1) is 8.56. The molecule has 2 rings (SSSR count). The summed E-state index contributed by atoms with van der Waals surface area (Å²) in [7, 11) is 0. The number of benzene rings is 1. The fourth-order valence-corrected chi connectivity index (χ4v) is 2.07. The summed E-state index contributed by atoms with van der Waals surface area (Å²) in [6, 6.07) is 7.87. The van der Waals surface area contributed by atoms with Gasteiger partial charge < -0.3 is 5.32 Å². The number of carbonyl (C=O) groups is 1. The Morgan fingerprint density at radius 1 is 1.22 bits per heavy atom. The van der Waals surface area contributed by atoms with Crippen LogP contribution in [0.2, 0.25) is 0 Å². The molecule has 1 amide bonds. The summed E-state index contributed by atoms with van der Waals surface area (Å²) >= 11 is 0. The Morgan fingerprint density at radius 2 is 1.89 bits per heavy atom. The van der Waals surface area contributed by atoms with Crippen LogP contribution in [0.25, 0.3) is 0 Å². The molecular formula is C16H19NO. The van der Waals surface area contributed by atoms with Crippen LogP contribution in [0, 0.1) is 12.8 Å². The summed E-state index contributed by atoms with van der Waals surface area (Å²) in [6.07, 6.45) is 5.10. The predicted octanol–water partition coefficient (Wildman–Crippen LogP) is 3.85. The average Bonchev–Trinajstić information content (AvgIpc) is 2.35. The van der Waals surface area contributed by atoms with E-state index < -0.39 is 0 Å². The molecule has 1 aliphatic carbocycles. The number of nitrogens with one attached hydrogen (secondary N) is 1. The van der Waals surface area contributed by atoms with Gasteiger partial charge in [-0.2, -0.15) is 0 Å². The molecule has 0 aromatic heterocycles. The summed E-state index contributed by atoms with van der Waals surface area (Å²) in [4.78, 5) is 12.2. The number of hydrogen-bond donors (Lipinski definition) is 1. The van der Waals surface area contributed by atoms with Gasteiger partial charge in [0.2, 0.25) is 0 Å². The van der Waals surface area contributed by atoms with E-state index >= 15 is 0 Å². The summed E-state index contributed by atoms with van der Waals surface area (Å²) in [6.45, 7) is 6.15. The van der Waals surface area contributed by atoms with Crippen LogP contribution >= 0.6 is 0 Å². The molecule has 1 unspecified atom stereocenters. The van der Waals surface area contributed by atoms with Crippen molar-refractivity contribution in [2.24, 2.45) is 5.92 Å². The monoisotopic (exact) mass is 241 g/mol. The molecule has 1 aromatic carbocycles. The molecule has 0 radical (unpaired) electrons. The smallest absolute Gasteiger partial charge is 0.251 e. The largest absolute Gasteiger partial charge is 0.322 e. The molecule has 2 nitrogen and oxygen atoms in total. The van der Waals surface area contributed by atoms with Gasteiger partial charge in [0.05, 0.1) is 0 Å². The third kappa shape index (κ3) is 2.89. The molecule has 0 bridgehead atoms. The summed E-state index contributed by atoms with van der Waals surface area (Å²) < 4.78 is 0. The third-order valence-corrected chi connectivity index (χ3v) is 3.28. The van der Waals surface area contributed by atoms with E-state index in [9.17, 15) is 4.79 Å². The lowest BCUT2D eigenvalue weighted by atomic mass is 9.90. The normalized spacial score (nSPS) is 18.9. The molecule has 94 valence electrons. The van der Waals surface area contributed by atoms with Crippen molar-refractivity contribution in [3.63, 3.8) is 0 Å². The Balaban J connectivity index is 2.12. The van der Waals surface area contributed by atoms with E-state index in [4.69, 9.17) is 0 Å². The van der Waals surface area contributed by atoms with E-state index in [1.54, 1.807) is 0 Å². The van der Waals surface area contributed by atoms with Gasteiger partial charge >= 0.3 is 0 Å². The molecule has 0 spiro atoms. The van der Waals surface area contributed by atoms with E-state index in [1.165, 1.54) is 11.1 Å². The number of amides is 1. The van der Waals surface area contributed by atoms with Crippen molar-refractivity contribution in [1.82, 2.24) is 0 Å². The molecule has 0 saturated carbocycles. The lowest BCUT2D eigenvalue weighted by molar-refractivity contribution is -0.113. The third-order valence-electron chi connectivity index (χ3n) is 3.28.